The number of ether oxygens (including phenoxy) is 1. The number of alkyl halides is 1. The van der Waals surface area contributed by atoms with Crippen molar-refractivity contribution >= 4 is 23.2 Å². The summed E-state index contributed by atoms with van der Waals surface area (Å²) < 4.78 is 5.76. The zero-order valence-electron chi connectivity index (χ0n) is 8.99. The van der Waals surface area contributed by atoms with Crippen LogP contribution in [0.4, 0.5) is 0 Å². The Morgan fingerprint density at radius 2 is 1.71 bits per heavy atom. The molecule has 2 aromatic carbocycles. The Hall–Kier alpha value is -1.02. The summed E-state index contributed by atoms with van der Waals surface area (Å²) in [5, 5.41) is -0.179. The molecule has 0 spiro atoms. The predicted molar refractivity (Wildman–Crippen MR) is 69.3 cm³/mol. The number of rotatable bonds is 1. The lowest BCUT2D eigenvalue weighted by Gasteiger charge is -2.22. The number of halogens is 2. The number of hydrogen-bond donors (Lipinski definition) is 0. The van der Waals surface area contributed by atoms with E-state index in [2.05, 4.69) is 0 Å². The van der Waals surface area contributed by atoms with Crippen LogP contribution in [0, 0.1) is 0 Å². The molecule has 1 heterocycles. The number of benzene rings is 2. The van der Waals surface area contributed by atoms with Gasteiger partial charge in [-0.15, -0.1) is 0 Å². The van der Waals surface area contributed by atoms with Gasteiger partial charge in [0.25, 0.3) is 0 Å². The van der Waals surface area contributed by atoms with Crippen molar-refractivity contribution in [2.75, 3.05) is 0 Å². The van der Waals surface area contributed by atoms with E-state index in [1.54, 1.807) is 0 Å². The van der Waals surface area contributed by atoms with Gasteiger partial charge in [-0.05, 0) is 17.7 Å². The molecule has 86 valence electrons. The van der Waals surface area contributed by atoms with E-state index in [0.29, 0.717) is 11.6 Å². The van der Waals surface area contributed by atoms with Crippen LogP contribution in [-0.2, 0) is 16.4 Å². The third kappa shape index (κ3) is 1.75. The highest BCUT2D eigenvalue weighted by Gasteiger charge is 2.39. The molecule has 1 unspecified atom stereocenters. The fourth-order valence-corrected chi connectivity index (χ4v) is 2.61. The smallest absolute Gasteiger partial charge is 0.193 e. The molecule has 0 amide bonds. The van der Waals surface area contributed by atoms with Gasteiger partial charge < -0.3 is 4.74 Å². The summed E-state index contributed by atoms with van der Waals surface area (Å²) in [4.78, 5) is 0. The van der Waals surface area contributed by atoms with Gasteiger partial charge in [-0.1, -0.05) is 59.6 Å². The summed E-state index contributed by atoms with van der Waals surface area (Å²) in [6.45, 7) is 0.544. The summed E-state index contributed by atoms with van der Waals surface area (Å²) >= 11 is 12.5. The van der Waals surface area contributed by atoms with Crippen LogP contribution in [0.3, 0.4) is 0 Å². The topological polar surface area (TPSA) is 9.23 Å². The normalized spacial score (nSPS) is 22.5. The summed E-state index contributed by atoms with van der Waals surface area (Å²) in [6, 6.07) is 15.5. The highest BCUT2D eigenvalue weighted by atomic mass is 35.5. The maximum absolute atomic E-state index is 6.61. The lowest BCUT2D eigenvalue weighted by molar-refractivity contribution is 0.0600. The van der Waals surface area contributed by atoms with E-state index >= 15 is 0 Å². The van der Waals surface area contributed by atoms with Gasteiger partial charge in [0.2, 0.25) is 0 Å². The maximum Gasteiger partial charge on any atom is 0.193 e. The molecule has 1 nitrogen and oxygen atoms in total. The van der Waals surface area contributed by atoms with Gasteiger partial charge in [0.15, 0.2) is 5.06 Å². The van der Waals surface area contributed by atoms with Crippen molar-refractivity contribution in [1.29, 1.82) is 0 Å². The predicted octanol–water partition coefficient (Wildman–Crippen LogP) is 4.31. The van der Waals surface area contributed by atoms with Gasteiger partial charge in [-0.2, -0.15) is 0 Å². The second-order valence-electron chi connectivity index (χ2n) is 4.05. The van der Waals surface area contributed by atoms with E-state index in [9.17, 15) is 0 Å². The third-order valence-electron chi connectivity index (χ3n) is 3.01. The van der Waals surface area contributed by atoms with E-state index in [-0.39, 0.29) is 0 Å². The highest BCUT2D eigenvalue weighted by Crippen LogP contribution is 2.45. The van der Waals surface area contributed by atoms with Crippen molar-refractivity contribution in [2.45, 2.75) is 11.7 Å². The van der Waals surface area contributed by atoms with Gasteiger partial charge in [0.1, 0.15) is 0 Å². The Bertz CT molecular complexity index is 550. The third-order valence-corrected chi connectivity index (χ3v) is 3.79. The molecule has 3 rings (SSSR count). The summed E-state index contributed by atoms with van der Waals surface area (Å²) in [7, 11) is 0. The van der Waals surface area contributed by atoms with E-state index in [0.717, 1.165) is 16.7 Å². The molecule has 0 saturated carbocycles. The zero-order valence-corrected chi connectivity index (χ0v) is 10.5. The fourth-order valence-electron chi connectivity index (χ4n) is 2.12. The summed E-state index contributed by atoms with van der Waals surface area (Å²) in [5.74, 6) is 0. The van der Waals surface area contributed by atoms with E-state index in [1.807, 2.05) is 48.5 Å². The van der Waals surface area contributed by atoms with Crippen LogP contribution >= 0.6 is 23.2 Å². The van der Waals surface area contributed by atoms with Gasteiger partial charge in [0, 0.05) is 16.1 Å². The Morgan fingerprint density at radius 3 is 2.47 bits per heavy atom. The van der Waals surface area contributed by atoms with Crippen molar-refractivity contribution < 1.29 is 4.74 Å². The molecule has 1 aliphatic rings. The average molecular weight is 265 g/mol. The average Bonchev–Trinajstić information content (AvgIpc) is 2.70. The number of hydrogen-bond acceptors (Lipinski definition) is 1. The number of fused-ring (bicyclic) bond motifs is 1. The first-order valence-corrected chi connectivity index (χ1v) is 6.13. The minimum Gasteiger partial charge on any atom is -0.346 e. The molecule has 1 aliphatic heterocycles. The van der Waals surface area contributed by atoms with Crippen LogP contribution in [0.5, 0.6) is 0 Å². The standard InChI is InChI=1S/C14H10Cl2O/c15-12-7-5-11(6-8-12)14(16)13-4-2-1-3-10(13)9-17-14/h1-8H,9H2. The molecular formula is C14H10Cl2O. The van der Waals surface area contributed by atoms with E-state index in [4.69, 9.17) is 27.9 Å². The van der Waals surface area contributed by atoms with Gasteiger partial charge in [0.05, 0.1) is 6.61 Å². The first-order valence-electron chi connectivity index (χ1n) is 5.37. The monoisotopic (exact) mass is 264 g/mol. The van der Waals surface area contributed by atoms with Crippen LogP contribution in [0.1, 0.15) is 16.7 Å². The second-order valence-corrected chi connectivity index (χ2v) is 5.02. The van der Waals surface area contributed by atoms with Gasteiger partial charge in [-0.25, -0.2) is 0 Å². The molecule has 0 fully saturated rings. The van der Waals surface area contributed by atoms with Crippen LogP contribution < -0.4 is 0 Å². The van der Waals surface area contributed by atoms with Gasteiger partial charge in [-0.3, -0.25) is 0 Å². The SMILES string of the molecule is Clc1ccc(C2(Cl)OCc3ccccc32)cc1. The molecule has 17 heavy (non-hydrogen) atoms. The van der Waals surface area contributed by atoms with Crippen molar-refractivity contribution in [2.24, 2.45) is 0 Å². The molecule has 0 N–H and O–H groups in total. The largest absolute Gasteiger partial charge is 0.346 e. The minimum atomic E-state index is -0.874. The lowest BCUT2D eigenvalue weighted by atomic mass is 9.99. The Morgan fingerprint density at radius 1 is 1.00 bits per heavy atom. The first kappa shape index (κ1) is 11.1. The molecule has 0 bridgehead atoms. The summed E-state index contributed by atoms with van der Waals surface area (Å²) in [5.41, 5.74) is 3.06. The Balaban J connectivity index is 2.12. The van der Waals surface area contributed by atoms with Crippen molar-refractivity contribution in [3.63, 3.8) is 0 Å². The van der Waals surface area contributed by atoms with Crippen LogP contribution in [0.15, 0.2) is 48.5 Å². The van der Waals surface area contributed by atoms with Crippen molar-refractivity contribution in [3.8, 4) is 0 Å². The Labute approximate surface area is 110 Å². The fraction of sp³-hybridized carbons (Fsp3) is 0.143. The highest BCUT2D eigenvalue weighted by molar-refractivity contribution is 6.30. The zero-order chi connectivity index (χ0) is 11.9. The molecular weight excluding hydrogens is 255 g/mol. The minimum absolute atomic E-state index is 0.544. The summed E-state index contributed by atoms with van der Waals surface area (Å²) in [6.07, 6.45) is 0. The molecule has 0 aromatic heterocycles. The molecule has 1 atom stereocenters. The molecule has 2 aromatic rings. The molecule has 0 saturated heterocycles. The van der Waals surface area contributed by atoms with Gasteiger partial charge >= 0.3 is 0 Å². The van der Waals surface area contributed by atoms with Crippen LogP contribution in [0.25, 0.3) is 0 Å². The van der Waals surface area contributed by atoms with E-state index < -0.39 is 5.06 Å². The van der Waals surface area contributed by atoms with Crippen molar-refractivity contribution in [1.82, 2.24) is 0 Å². The van der Waals surface area contributed by atoms with Crippen LogP contribution in [0.2, 0.25) is 5.02 Å². The maximum atomic E-state index is 6.61. The Kier molecular flexibility index (Phi) is 2.62. The quantitative estimate of drug-likeness (QED) is 0.698. The van der Waals surface area contributed by atoms with Crippen molar-refractivity contribution in [3.05, 3.63) is 70.2 Å². The first-order chi connectivity index (χ1) is 8.20. The molecule has 3 heteroatoms. The van der Waals surface area contributed by atoms with Crippen LogP contribution in [-0.4, -0.2) is 0 Å². The lowest BCUT2D eigenvalue weighted by Crippen LogP contribution is -2.18. The van der Waals surface area contributed by atoms with E-state index in [1.165, 1.54) is 0 Å². The molecule has 0 aliphatic carbocycles. The molecule has 0 radical (unpaired) electrons. The second kappa shape index (κ2) is 4.02.